The molecule has 3 heteroatoms. The zero-order valence-corrected chi connectivity index (χ0v) is 12.6. The van der Waals surface area contributed by atoms with E-state index in [0.29, 0.717) is 0 Å². The fourth-order valence-corrected chi connectivity index (χ4v) is 2.51. The van der Waals surface area contributed by atoms with Crippen LogP contribution in [0.2, 0.25) is 0 Å². The van der Waals surface area contributed by atoms with Crippen LogP contribution in [0, 0.1) is 0 Å². The number of rotatable bonds is 7. The van der Waals surface area contributed by atoms with E-state index in [1.165, 1.54) is 16.0 Å². The molecule has 2 aromatic rings. The third-order valence-corrected chi connectivity index (χ3v) is 4.04. The summed E-state index contributed by atoms with van der Waals surface area (Å²) in [6.45, 7) is 0.935. The highest BCUT2D eigenvalue weighted by Gasteiger charge is 2.07. The minimum atomic E-state index is 0.0950. The predicted molar refractivity (Wildman–Crippen MR) is 86.1 cm³/mol. The largest absolute Gasteiger partial charge is 0.395 e. The number of aliphatic hydroxyl groups excluding tert-OH is 1. The first-order chi connectivity index (χ1) is 9.81. The van der Waals surface area contributed by atoms with Crippen LogP contribution in [0.5, 0.6) is 0 Å². The van der Waals surface area contributed by atoms with Gasteiger partial charge in [-0.25, -0.2) is 0 Å². The Hall–Kier alpha value is -1.29. The summed E-state index contributed by atoms with van der Waals surface area (Å²) in [5, 5.41) is 12.9. The van der Waals surface area contributed by atoms with Gasteiger partial charge in [-0.05, 0) is 35.9 Å². The smallest absolute Gasteiger partial charge is 0.0587 e. The molecular formula is C17H21NOS. The van der Waals surface area contributed by atoms with Crippen molar-refractivity contribution in [2.45, 2.75) is 23.9 Å². The van der Waals surface area contributed by atoms with Crippen LogP contribution in [0.4, 0.5) is 0 Å². The molecule has 0 aliphatic heterocycles. The Morgan fingerprint density at radius 3 is 2.30 bits per heavy atom. The maximum Gasteiger partial charge on any atom is 0.0587 e. The molecule has 0 aromatic heterocycles. The summed E-state index contributed by atoms with van der Waals surface area (Å²) in [7, 11) is 0. The van der Waals surface area contributed by atoms with Crippen LogP contribution in [0.1, 0.15) is 11.1 Å². The van der Waals surface area contributed by atoms with Crippen molar-refractivity contribution in [3.8, 4) is 0 Å². The van der Waals surface area contributed by atoms with Gasteiger partial charge in [0, 0.05) is 17.5 Å². The van der Waals surface area contributed by atoms with Gasteiger partial charge in [0.15, 0.2) is 0 Å². The van der Waals surface area contributed by atoms with E-state index >= 15 is 0 Å². The van der Waals surface area contributed by atoms with Crippen molar-refractivity contribution >= 4 is 11.8 Å². The van der Waals surface area contributed by atoms with Gasteiger partial charge in [0.05, 0.1) is 6.61 Å². The van der Waals surface area contributed by atoms with Crippen LogP contribution in [0.25, 0.3) is 0 Å². The minimum Gasteiger partial charge on any atom is -0.395 e. The van der Waals surface area contributed by atoms with Crippen molar-refractivity contribution in [3.63, 3.8) is 0 Å². The van der Waals surface area contributed by atoms with E-state index in [9.17, 15) is 5.11 Å². The predicted octanol–water partition coefficient (Wildman–Crippen LogP) is 3.10. The maximum atomic E-state index is 9.48. The lowest BCUT2D eigenvalue weighted by molar-refractivity contribution is 0.241. The molecule has 0 amide bonds. The monoisotopic (exact) mass is 287 g/mol. The van der Waals surface area contributed by atoms with Crippen molar-refractivity contribution in [1.29, 1.82) is 0 Å². The lowest BCUT2D eigenvalue weighted by Crippen LogP contribution is -2.34. The Morgan fingerprint density at radius 1 is 1.00 bits per heavy atom. The standard InChI is InChI=1S/C17H21NOS/c1-20-17-9-7-15(8-10-17)12-18-16(13-19)11-14-5-3-2-4-6-14/h2-10,16,18-19H,11-13H2,1H3. The van der Waals surface area contributed by atoms with Gasteiger partial charge in [-0.2, -0.15) is 0 Å². The molecule has 0 bridgehead atoms. The van der Waals surface area contributed by atoms with Crippen LogP contribution in [-0.4, -0.2) is 24.0 Å². The molecule has 0 fully saturated rings. The highest BCUT2D eigenvalue weighted by molar-refractivity contribution is 7.98. The Labute approximate surface area is 125 Å². The van der Waals surface area contributed by atoms with Crippen molar-refractivity contribution < 1.29 is 5.11 Å². The molecule has 2 rings (SSSR count). The van der Waals surface area contributed by atoms with Gasteiger partial charge in [-0.1, -0.05) is 42.5 Å². The lowest BCUT2D eigenvalue weighted by Gasteiger charge is -2.16. The number of aliphatic hydroxyl groups is 1. The summed E-state index contributed by atoms with van der Waals surface area (Å²) in [5.41, 5.74) is 2.49. The Bertz CT molecular complexity index is 498. The van der Waals surface area contributed by atoms with E-state index in [1.807, 2.05) is 18.2 Å². The molecule has 0 saturated heterocycles. The molecule has 0 aliphatic rings. The van der Waals surface area contributed by atoms with Gasteiger partial charge < -0.3 is 10.4 Å². The molecule has 0 saturated carbocycles. The fourth-order valence-electron chi connectivity index (χ4n) is 2.11. The first kappa shape index (κ1) is 15.1. The van der Waals surface area contributed by atoms with Gasteiger partial charge >= 0.3 is 0 Å². The zero-order chi connectivity index (χ0) is 14.2. The van der Waals surface area contributed by atoms with E-state index in [4.69, 9.17) is 0 Å². The molecule has 1 unspecified atom stereocenters. The zero-order valence-electron chi connectivity index (χ0n) is 11.8. The molecule has 2 N–H and O–H groups in total. The summed E-state index contributed by atoms with van der Waals surface area (Å²) < 4.78 is 0. The molecular weight excluding hydrogens is 266 g/mol. The van der Waals surface area contributed by atoms with Crippen LogP contribution in [0.15, 0.2) is 59.5 Å². The average molecular weight is 287 g/mol. The maximum absolute atomic E-state index is 9.48. The van der Waals surface area contributed by atoms with E-state index in [-0.39, 0.29) is 12.6 Å². The first-order valence-corrected chi connectivity index (χ1v) is 8.05. The number of hydrogen-bond acceptors (Lipinski definition) is 3. The minimum absolute atomic E-state index is 0.0950. The summed E-state index contributed by atoms with van der Waals surface area (Å²) in [6, 6.07) is 18.9. The normalized spacial score (nSPS) is 12.3. The van der Waals surface area contributed by atoms with Gasteiger partial charge in [0.1, 0.15) is 0 Å². The van der Waals surface area contributed by atoms with Crippen molar-refractivity contribution in [2.24, 2.45) is 0 Å². The quantitative estimate of drug-likeness (QED) is 0.768. The second-order valence-corrected chi connectivity index (χ2v) is 5.68. The second-order valence-electron chi connectivity index (χ2n) is 4.80. The van der Waals surface area contributed by atoms with E-state index in [2.05, 4.69) is 48.0 Å². The molecule has 0 radical (unpaired) electrons. The van der Waals surface area contributed by atoms with E-state index < -0.39 is 0 Å². The van der Waals surface area contributed by atoms with Gasteiger partial charge in [0.25, 0.3) is 0 Å². The first-order valence-electron chi connectivity index (χ1n) is 6.83. The molecule has 106 valence electrons. The molecule has 0 aliphatic carbocycles. The van der Waals surface area contributed by atoms with Gasteiger partial charge in [-0.3, -0.25) is 0 Å². The Balaban J connectivity index is 1.86. The average Bonchev–Trinajstić information content (AvgIpc) is 2.53. The highest BCUT2D eigenvalue weighted by Crippen LogP contribution is 2.14. The van der Waals surface area contributed by atoms with Crippen LogP contribution >= 0.6 is 11.8 Å². The summed E-state index contributed by atoms with van der Waals surface area (Å²) in [6.07, 6.45) is 2.93. The van der Waals surface area contributed by atoms with Crippen LogP contribution in [-0.2, 0) is 13.0 Å². The van der Waals surface area contributed by atoms with Crippen molar-refractivity contribution in [1.82, 2.24) is 5.32 Å². The fraction of sp³-hybridized carbons (Fsp3) is 0.294. The summed E-state index contributed by atoms with van der Waals surface area (Å²) in [5.74, 6) is 0. The SMILES string of the molecule is CSc1ccc(CNC(CO)Cc2ccccc2)cc1. The van der Waals surface area contributed by atoms with Crippen LogP contribution < -0.4 is 5.32 Å². The van der Waals surface area contributed by atoms with Gasteiger partial charge in [0.2, 0.25) is 0 Å². The summed E-state index contributed by atoms with van der Waals surface area (Å²) in [4.78, 5) is 1.27. The van der Waals surface area contributed by atoms with E-state index in [1.54, 1.807) is 11.8 Å². The number of benzene rings is 2. The van der Waals surface area contributed by atoms with Crippen molar-refractivity contribution in [3.05, 3.63) is 65.7 Å². The molecule has 2 aromatic carbocycles. The third kappa shape index (κ3) is 4.67. The molecule has 2 nitrogen and oxygen atoms in total. The number of nitrogens with one attached hydrogen (secondary N) is 1. The number of hydrogen-bond donors (Lipinski definition) is 2. The molecule has 0 spiro atoms. The van der Waals surface area contributed by atoms with Crippen molar-refractivity contribution in [2.75, 3.05) is 12.9 Å². The van der Waals surface area contributed by atoms with Crippen LogP contribution in [0.3, 0.4) is 0 Å². The second kappa shape index (κ2) is 8.10. The molecule has 0 heterocycles. The lowest BCUT2D eigenvalue weighted by atomic mass is 10.1. The number of thioether (sulfide) groups is 1. The highest BCUT2D eigenvalue weighted by atomic mass is 32.2. The van der Waals surface area contributed by atoms with E-state index in [0.717, 1.165) is 13.0 Å². The molecule has 1 atom stereocenters. The molecule has 20 heavy (non-hydrogen) atoms. The Kier molecular flexibility index (Phi) is 6.12. The topological polar surface area (TPSA) is 32.3 Å². The summed E-state index contributed by atoms with van der Waals surface area (Å²) >= 11 is 1.75. The van der Waals surface area contributed by atoms with Gasteiger partial charge in [-0.15, -0.1) is 11.8 Å². The third-order valence-electron chi connectivity index (χ3n) is 3.30. The Morgan fingerprint density at radius 2 is 1.70 bits per heavy atom.